The van der Waals surface area contributed by atoms with Gasteiger partial charge in [-0.05, 0) is 18.1 Å². The summed E-state index contributed by atoms with van der Waals surface area (Å²) >= 11 is 0. The first-order chi connectivity index (χ1) is 8.09. The first-order valence-corrected chi connectivity index (χ1v) is 5.81. The maximum Gasteiger partial charge on any atom is 0.254 e. The van der Waals surface area contributed by atoms with E-state index in [1.165, 1.54) is 0 Å². The van der Waals surface area contributed by atoms with E-state index in [0.717, 1.165) is 10.9 Å². The van der Waals surface area contributed by atoms with Gasteiger partial charge in [-0.1, -0.05) is 26.0 Å². The van der Waals surface area contributed by atoms with Crippen LogP contribution < -0.4 is 10.3 Å². The second-order valence-corrected chi connectivity index (χ2v) is 4.63. The average Bonchev–Trinajstić information content (AvgIpc) is 2.32. The summed E-state index contributed by atoms with van der Waals surface area (Å²) in [6.45, 7) is 4.80. The average molecular weight is 231 g/mol. The molecule has 17 heavy (non-hydrogen) atoms. The van der Waals surface area contributed by atoms with Crippen LogP contribution in [0.3, 0.4) is 0 Å². The molecule has 0 saturated heterocycles. The Morgan fingerprint density at radius 2 is 2.00 bits per heavy atom. The monoisotopic (exact) mass is 231 g/mol. The van der Waals surface area contributed by atoms with Gasteiger partial charge in [0.05, 0.1) is 12.1 Å². The highest BCUT2D eigenvalue weighted by Gasteiger charge is 2.07. The number of para-hydroxylation sites is 1. The molecule has 1 aromatic carbocycles. The minimum atomic E-state index is -0.0394. The molecule has 0 N–H and O–H groups in total. The topological polar surface area (TPSA) is 31.2 Å². The fourth-order valence-corrected chi connectivity index (χ4v) is 1.76. The van der Waals surface area contributed by atoms with Crippen molar-refractivity contribution in [2.45, 2.75) is 13.8 Å². The van der Waals surface area contributed by atoms with Crippen molar-refractivity contribution in [3.63, 3.8) is 0 Å². The van der Waals surface area contributed by atoms with Crippen LogP contribution in [0.5, 0.6) is 5.75 Å². The number of rotatable bonds is 3. The van der Waals surface area contributed by atoms with Gasteiger partial charge in [0, 0.05) is 18.5 Å². The molecular formula is C14H17NO2. The third kappa shape index (κ3) is 2.33. The zero-order chi connectivity index (χ0) is 12.4. The van der Waals surface area contributed by atoms with Crippen LogP contribution in [-0.2, 0) is 7.05 Å². The van der Waals surface area contributed by atoms with Crippen molar-refractivity contribution >= 4 is 10.9 Å². The lowest BCUT2D eigenvalue weighted by Crippen LogP contribution is -2.17. The summed E-state index contributed by atoms with van der Waals surface area (Å²) in [6, 6.07) is 9.34. The molecule has 2 aromatic rings. The molecule has 0 spiro atoms. The molecule has 0 aliphatic heterocycles. The molecule has 0 unspecified atom stereocenters. The fraction of sp³-hybridized carbons (Fsp3) is 0.357. The van der Waals surface area contributed by atoms with Gasteiger partial charge < -0.3 is 9.30 Å². The van der Waals surface area contributed by atoms with Crippen LogP contribution in [0.2, 0.25) is 0 Å². The number of nitrogens with zero attached hydrogens (tertiary/aromatic N) is 1. The van der Waals surface area contributed by atoms with Crippen molar-refractivity contribution in [3.8, 4) is 5.75 Å². The van der Waals surface area contributed by atoms with Crippen molar-refractivity contribution in [1.82, 2.24) is 4.57 Å². The van der Waals surface area contributed by atoms with E-state index in [2.05, 4.69) is 13.8 Å². The molecule has 0 fully saturated rings. The molecule has 0 atom stereocenters. The van der Waals surface area contributed by atoms with Crippen LogP contribution in [0.1, 0.15) is 13.8 Å². The SMILES string of the molecule is CC(C)COc1cc(=O)n(C)c2ccccc12. The van der Waals surface area contributed by atoms with Gasteiger partial charge in [0.15, 0.2) is 0 Å². The van der Waals surface area contributed by atoms with E-state index >= 15 is 0 Å². The molecule has 1 aromatic heterocycles. The minimum Gasteiger partial charge on any atom is -0.492 e. The molecule has 0 saturated carbocycles. The van der Waals surface area contributed by atoms with Gasteiger partial charge in [0.2, 0.25) is 0 Å². The molecule has 0 aliphatic rings. The second-order valence-electron chi connectivity index (χ2n) is 4.63. The number of hydrogen-bond donors (Lipinski definition) is 0. The van der Waals surface area contributed by atoms with E-state index in [1.54, 1.807) is 17.7 Å². The lowest BCUT2D eigenvalue weighted by atomic mass is 10.2. The first-order valence-electron chi connectivity index (χ1n) is 5.81. The summed E-state index contributed by atoms with van der Waals surface area (Å²) in [4.78, 5) is 11.8. The highest BCUT2D eigenvalue weighted by atomic mass is 16.5. The molecule has 0 bridgehead atoms. The van der Waals surface area contributed by atoms with Crippen molar-refractivity contribution in [3.05, 3.63) is 40.7 Å². The molecular weight excluding hydrogens is 214 g/mol. The lowest BCUT2D eigenvalue weighted by molar-refractivity contribution is 0.273. The smallest absolute Gasteiger partial charge is 0.254 e. The van der Waals surface area contributed by atoms with Gasteiger partial charge >= 0.3 is 0 Å². The van der Waals surface area contributed by atoms with E-state index in [4.69, 9.17) is 4.74 Å². The number of hydrogen-bond acceptors (Lipinski definition) is 2. The first kappa shape index (κ1) is 11.7. The molecule has 1 heterocycles. The number of ether oxygens (including phenoxy) is 1. The van der Waals surface area contributed by atoms with Crippen LogP contribution in [0.4, 0.5) is 0 Å². The number of pyridine rings is 1. The summed E-state index contributed by atoms with van der Waals surface area (Å²) in [6.07, 6.45) is 0. The Hall–Kier alpha value is -1.77. The maximum absolute atomic E-state index is 11.8. The van der Waals surface area contributed by atoms with Crippen molar-refractivity contribution in [1.29, 1.82) is 0 Å². The Balaban J connectivity index is 2.55. The molecule has 90 valence electrons. The Bertz CT molecular complexity index is 584. The third-order valence-corrected chi connectivity index (χ3v) is 2.69. The van der Waals surface area contributed by atoms with Crippen molar-refractivity contribution < 1.29 is 4.74 Å². The van der Waals surface area contributed by atoms with E-state index in [1.807, 2.05) is 24.3 Å². The summed E-state index contributed by atoms with van der Waals surface area (Å²) in [5.74, 6) is 1.12. The van der Waals surface area contributed by atoms with Crippen molar-refractivity contribution in [2.24, 2.45) is 13.0 Å². The second kappa shape index (κ2) is 4.62. The molecule has 0 aliphatic carbocycles. The standard InChI is InChI=1S/C14H17NO2/c1-10(2)9-17-13-8-14(16)15(3)12-7-5-4-6-11(12)13/h4-8,10H,9H2,1-3H3. The number of aryl methyl sites for hydroxylation is 1. The Kier molecular flexibility index (Phi) is 3.18. The van der Waals surface area contributed by atoms with Crippen LogP contribution in [-0.4, -0.2) is 11.2 Å². The van der Waals surface area contributed by atoms with Gasteiger partial charge in [-0.3, -0.25) is 4.79 Å². The molecule has 0 amide bonds. The predicted octanol–water partition coefficient (Wildman–Crippen LogP) is 2.57. The number of aromatic nitrogens is 1. The highest BCUT2D eigenvalue weighted by Crippen LogP contribution is 2.23. The van der Waals surface area contributed by atoms with Crippen molar-refractivity contribution in [2.75, 3.05) is 6.61 Å². The Labute approximate surface area is 101 Å². The number of fused-ring (bicyclic) bond motifs is 1. The molecule has 0 radical (unpaired) electrons. The third-order valence-electron chi connectivity index (χ3n) is 2.69. The van der Waals surface area contributed by atoms with Gasteiger partial charge in [-0.15, -0.1) is 0 Å². The van der Waals surface area contributed by atoms with E-state index in [-0.39, 0.29) is 5.56 Å². The maximum atomic E-state index is 11.8. The van der Waals surface area contributed by atoms with E-state index < -0.39 is 0 Å². The van der Waals surface area contributed by atoms with Gasteiger partial charge in [0.25, 0.3) is 5.56 Å². The summed E-state index contributed by atoms with van der Waals surface area (Å²) in [5, 5.41) is 0.982. The van der Waals surface area contributed by atoms with E-state index in [0.29, 0.717) is 18.3 Å². The van der Waals surface area contributed by atoms with Crippen LogP contribution in [0.25, 0.3) is 10.9 Å². The zero-order valence-electron chi connectivity index (χ0n) is 10.4. The lowest BCUT2D eigenvalue weighted by Gasteiger charge is -2.12. The van der Waals surface area contributed by atoms with Crippen LogP contribution >= 0.6 is 0 Å². The zero-order valence-corrected chi connectivity index (χ0v) is 10.4. The van der Waals surface area contributed by atoms with Gasteiger partial charge in [-0.2, -0.15) is 0 Å². The summed E-state index contributed by atoms with van der Waals surface area (Å²) in [5.41, 5.74) is 0.862. The molecule has 3 nitrogen and oxygen atoms in total. The minimum absolute atomic E-state index is 0.0394. The Morgan fingerprint density at radius 1 is 1.29 bits per heavy atom. The fourth-order valence-electron chi connectivity index (χ4n) is 1.76. The largest absolute Gasteiger partial charge is 0.492 e. The molecule has 2 rings (SSSR count). The van der Waals surface area contributed by atoms with Crippen LogP contribution in [0, 0.1) is 5.92 Å². The molecule has 3 heteroatoms. The Morgan fingerprint density at radius 3 is 2.71 bits per heavy atom. The normalized spacial score (nSPS) is 11.1. The summed E-state index contributed by atoms with van der Waals surface area (Å²) in [7, 11) is 1.77. The quantitative estimate of drug-likeness (QED) is 0.813. The summed E-state index contributed by atoms with van der Waals surface area (Å²) < 4.78 is 7.34. The van der Waals surface area contributed by atoms with E-state index in [9.17, 15) is 4.79 Å². The highest BCUT2D eigenvalue weighted by molar-refractivity contribution is 5.85. The van der Waals surface area contributed by atoms with Gasteiger partial charge in [-0.25, -0.2) is 0 Å². The van der Waals surface area contributed by atoms with Gasteiger partial charge in [0.1, 0.15) is 5.75 Å². The number of benzene rings is 1. The van der Waals surface area contributed by atoms with Crippen LogP contribution in [0.15, 0.2) is 35.1 Å². The predicted molar refractivity (Wildman–Crippen MR) is 69.5 cm³/mol.